The average molecular weight is 196 g/mol. The summed E-state index contributed by atoms with van der Waals surface area (Å²) in [6, 6.07) is 0. The maximum absolute atomic E-state index is 11.3. The van der Waals surface area contributed by atoms with Crippen molar-refractivity contribution in [2.75, 3.05) is 0 Å². The lowest BCUT2D eigenvalue weighted by atomic mass is 9.92. The summed E-state index contributed by atoms with van der Waals surface area (Å²) >= 11 is 0. The summed E-state index contributed by atoms with van der Waals surface area (Å²) < 4.78 is 0. The molecule has 0 aliphatic heterocycles. The van der Waals surface area contributed by atoms with Crippen molar-refractivity contribution in [3.8, 4) is 5.88 Å². The van der Waals surface area contributed by atoms with Gasteiger partial charge in [-0.3, -0.25) is 4.79 Å². The van der Waals surface area contributed by atoms with Gasteiger partial charge in [0.25, 0.3) is 5.56 Å². The summed E-state index contributed by atoms with van der Waals surface area (Å²) in [6.07, 6.45) is 0.635. The van der Waals surface area contributed by atoms with Crippen LogP contribution in [0.15, 0.2) is 4.79 Å². The van der Waals surface area contributed by atoms with Crippen molar-refractivity contribution in [1.29, 1.82) is 0 Å². The highest BCUT2D eigenvalue weighted by atomic mass is 16.3. The zero-order chi connectivity index (χ0) is 10.9. The first-order valence-electron chi connectivity index (χ1n) is 4.58. The normalized spacial score (nSPS) is 11.7. The van der Waals surface area contributed by atoms with Crippen LogP contribution in [0.4, 0.5) is 0 Å². The molecule has 0 amide bonds. The zero-order valence-corrected chi connectivity index (χ0v) is 9.01. The second-order valence-electron chi connectivity index (χ2n) is 4.70. The zero-order valence-electron chi connectivity index (χ0n) is 9.01. The van der Waals surface area contributed by atoms with Crippen LogP contribution >= 0.6 is 0 Å². The van der Waals surface area contributed by atoms with Crippen LogP contribution < -0.4 is 5.56 Å². The SMILES string of the molecule is Cc1c(O)nc(CC(C)(C)C)[nH]c1=O. The van der Waals surface area contributed by atoms with Crippen LogP contribution in [0.25, 0.3) is 0 Å². The molecule has 78 valence electrons. The second-order valence-corrected chi connectivity index (χ2v) is 4.70. The van der Waals surface area contributed by atoms with E-state index in [4.69, 9.17) is 0 Å². The Bertz CT molecular complexity index is 388. The quantitative estimate of drug-likeness (QED) is 0.713. The standard InChI is InChI=1S/C10H16N2O2/c1-6-8(13)11-7(12-9(6)14)5-10(2,3)4/h5H2,1-4H3,(H2,11,12,13,14). The first kappa shape index (κ1) is 10.8. The monoisotopic (exact) mass is 196 g/mol. The summed E-state index contributed by atoms with van der Waals surface area (Å²) in [5, 5.41) is 9.35. The smallest absolute Gasteiger partial charge is 0.257 e. The number of nitrogens with zero attached hydrogens (tertiary/aromatic N) is 1. The molecule has 1 heterocycles. The fraction of sp³-hybridized carbons (Fsp3) is 0.600. The minimum Gasteiger partial charge on any atom is -0.493 e. The van der Waals surface area contributed by atoms with Crippen LogP contribution in [0.2, 0.25) is 0 Å². The molecule has 1 aromatic rings. The number of hydrogen-bond donors (Lipinski definition) is 2. The molecule has 4 nitrogen and oxygen atoms in total. The molecule has 4 heteroatoms. The van der Waals surface area contributed by atoms with Crippen molar-refractivity contribution in [3.05, 3.63) is 21.7 Å². The van der Waals surface area contributed by atoms with E-state index in [1.54, 1.807) is 6.92 Å². The maximum Gasteiger partial charge on any atom is 0.257 e. The first-order chi connectivity index (χ1) is 6.29. The van der Waals surface area contributed by atoms with Gasteiger partial charge in [-0.2, -0.15) is 0 Å². The van der Waals surface area contributed by atoms with Crippen LogP contribution in [-0.2, 0) is 6.42 Å². The molecule has 0 fully saturated rings. The molecule has 0 saturated carbocycles. The van der Waals surface area contributed by atoms with Gasteiger partial charge in [-0.25, -0.2) is 4.98 Å². The molecule has 2 N–H and O–H groups in total. The summed E-state index contributed by atoms with van der Waals surface area (Å²) in [7, 11) is 0. The molecule has 14 heavy (non-hydrogen) atoms. The van der Waals surface area contributed by atoms with Crippen molar-refractivity contribution >= 4 is 0 Å². The molecule has 0 radical (unpaired) electrons. The fourth-order valence-corrected chi connectivity index (χ4v) is 1.15. The van der Waals surface area contributed by atoms with Gasteiger partial charge in [0.15, 0.2) is 0 Å². The van der Waals surface area contributed by atoms with Crippen molar-refractivity contribution in [3.63, 3.8) is 0 Å². The van der Waals surface area contributed by atoms with Gasteiger partial charge in [0.05, 0.1) is 5.56 Å². The fourth-order valence-electron chi connectivity index (χ4n) is 1.15. The van der Waals surface area contributed by atoms with Gasteiger partial charge in [0.2, 0.25) is 5.88 Å². The maximum atomic E-state index is 11.3. The molecule has 0 saturated heterocycles. The third-order valence-corrected chi connectivity index (χ3v) is 1.87. The lowest BCUT2D eigenvalue weighted by Gasteiger charge is -2.16. The summed E-state index contributed by atoms with van der Waals surface area (Å²) in [6.45, 7) is 7.68. The van der Waals surface area contributed by atoms with Gasteiger partial charge in [0.1, 0.15) is 5.82 Å². The summed E-state index contributed by atoms with van der Waals surface area (Å²) in [5.74, 6) is 0.360. The van der Waals surface area contributed by atoms with E-state index >= 15 is 0 Å². The van der Waals surface area contributed by atoms with Gasteiger partial charge < -0.3 is 10.1 Å². The highest BCUT2D eigenvalue weighted by Gasteiger charge is 2.14. The lowest BCUT2D eigenvalue weighted by Crippen LogP contribution is -2.19. The predicted octanol–water partition coefficient (Wildman–Crippen LogP) is 1.37. The van der Waals surface area contributed by atoms with E-state index in [2.05, 4.69) is 9.97 Å². The lowest BCUT2D eigenvalue weighted by molar-refractivity contribution is 0.390. The van der Waals surface area contributed by atoms with Crippen molar-refractivity contribution in [2.24, 2.45) is 5.41 Å². The highest BCUT2D eigenvalue weighted by molar-refractivity contribution is 5.20. The minimum absolute atomic E-state index is 0.0393. The Morgan fingerprint density at radius 2 is 2.00 bits per heavy atom. The van der Waals surface area contributed by atoms with E-state index in [1.807, 2.05) is 20.8 Å². The van der Waals surface area contributed by atoms with Crippen molar-refractivity contribution in [2.45, 2.75) is 34.1 Å². The van der Waals surface area contributed by atoms with Crippen LogP contribution in [0.3, 0.4) is 0 Å². The molecule has 0 aliphatic rings. The number of H-pyrrole nitrogens is 1. The van der Waals surface area contributed by atoms with Crippen LogP contribution in [0.5, 0.6) is 5.88 Å². The Hall–Kier alpha value is -1.32. The largest absolute Gasteiger partial charge is 0.493 e. The van der Waals surface area contributed by atoms with Crippen molar-refractivity contribution in [1.82, 2.24) is 9.97 Å². The average Bonchev–Trinajstić information content (AvgIpc) is 1.96. The van der Waals surface area contributed by atoms with E-state index in [9.17, 15) is 9.90 Å². The molecule has 0 aromatic carbocycles. The molecule has 0 bridgehead atoms. The number of hydrogen-bond acceptors (Lipinski definition) is 3. The van der Waals surface area contributed by atoms with Gasteiger partial charge in [-0.05, 0) is 12.3 Å². The summed E-state index contributed by atoms with van der Waals surface area (Å²) in [5.41, 5.74) is 0.0388. The van der Waals surface area contributed by atoms with Gasteiger partial charge in [-0.1, -0.05) is 20.8 Å². The Labute approximate surface area is 83.0 Å². The molecule has 1 aromatic heterocycles. The topological polar surface area (TPSA) is 66.0 Å². The molecule has 1 rings (SSSR count). The van der Waals surface area contributed by atoms with Crippen LogP contribution in [0, 0.1) is 12.3 Å². The highest BCUT2D eigenvalue weighted by Crippen LogP contribution is 2.18. The van der Waals surface area contributed by atoms with Gasteiger partial charge in [-0.15, -0.1) is 0 Å². The van der Waals surface area contributed by atoms with E-state index < -0.39 is 0 Å². The Morgan fingerprint density at radius 3 is 2.43 bits per heavy atom. The van der Waals surface area contributed by atoms with Gasteiger partial charge in [0, 0.05) is 6.42 Å². The molecule has 0 spiro atoms. The number of aromatic amines is 1. The Balaban J connectivity index is 3.08. The van der Waals surface area contributed by atoms with E-state index in [1.165, 1.54) is 0 Å². The summed E-state index contributed by atoms with van der Waals surface area (Å²) in [4.78, 5) is 17.9. The van der Waals surface area contributed by atoms with E-state index in [-0.39, 0.29) is 22.4 Å². The Morgan fingerprint density at radius 1 is 1.43 bits per heavy atom. The molecule has 0 unspecified atom stereocenters. The Kier molecular flexibility index (Phi) is 2.64. The van der Waals surface area contributed by atoms with Crippen LogP contribution in [-0.4, -0.2) is 15.1 Å². The number of nitrogens with one attached hydrogen (secondary N) is 1. The molecule has 0 atom stereocenters. The third kappa shape index (κ3) is 2.58. The van der Waals surface area contributed by atoms with Crippen molar-refractivity contribution < 1.29 is 5.11 Å². The predicted molar refractivity (Wildman–Crippen MR) is 54.4 cm³/mol. The molecule has 0 aliphatic carbocycles. The molecular formula is C10H16N2O2. The van der Waals surface area contributed by atoms with Gasteiger partial charge >= 0.3 is 0 Å². The number of aromatic nitrogens is 2. The third-order valence-electron chi connectivity index (χ3n) is 1.87. The number of rotatable bonds is 1. The van der Waals surface area contributed by atoms with Crippen LogP contribution in [0.1, 0.15) is 32.2 Å². The number of aromatic hydroxyl groups is 1. The first-order valence-corrected chi connectivity index (χ1v) is 4.58. The molecular weight excluding hydrogens is 180 g/mol. The van der Waals surface area contributed by atoms with E-state index in [0.29, 0.717) is 12.2 Å². The minimum atomic E-state index is -0.267. The second kappa shape index (κ2) is 3.44. The van der Waals surface area contributed by atoms with E-state index in [0.717, 1.165) is 0 Å².